The van der Waals surface area contributed by atoms with E-state index in [9.17, 15) is 9.18 Å². The molecule has 0 radical (unpaired) electrons. The van der Waals surface area contributed by atoms with Crippen LogP contribution in [0.2, 0.25) is 0 Å². The van der Waals surface area contributed by atoms with Crippen LogP contribution in [0.25, 0.3) is 0 Å². The Bertz CT molecular complexity index is 1200. The number of nitrogens with zero attached hydrogens (tertiary/aromatic N) is 2. The highest BCUT2D eigenvalue weighted by atomic mass is 32.2. The van der Waals surface area contributed by atoms with Crippen LogP contribution in [0, 0.1) is 5.82 Å². The Hall–Kier alpha value is -2.92. The van der Waals surface area contributed by atoms with Crippen molar-refractivity contribution in [2.24, 2.45) is 4.99 Å². The zero-order chi connectivity index (χ0) is 22.1. The number of fused-ring (bicyclic) bond motifs is 2. The molecule has 0 unspecified atom stereocenters. The van der Waals surface area contributed by atoms with Crippen LogP contribution < -0.4 is 0 Å². The topological polar surface area (TPSA) is 32.7 Å². The number of benzene rings is 3. The van der Waals surface area contributed by atoms with E-state index in [2.05, 4.69) is 0 Å². The largest absolute Gasteiger partial charge is 0.339 e. The quantitative estimate of drug-likeness (QED) is 0.346. The zero-order valence-corrected chi connectivity index (χ0v) is 18.9. The van der Waals surface area contributed by atoms with Gasteiger partial charge in [-0.25, -0.2) is 9.38 Å². The molecule has 1 aliphatic carbocycles. The van der Waals surface area contributed by atoms with Gasteiger partial charge in [-0.1, -0.05) is 61.4 Å². The summed E-state index contributed by atoms with van der Waals surface area (Å²) >= 11 is 1.60. The molecule has 1 saturated carbocycles. The fourth-order valence-electron chi connectivity index (χ4n) is 4.57. The van der Waals surface area contributed by atoms with Crippen LogP contribution in [0.1, 0.15) is 53.6 Å². The van der Waals surface area contributed by atoms with E-state index in [4.69, 9.17) is 4.99 Å². The molecule has 0 N–H and O–H groups in total. The van der Waals surface area contributed by atoms with Gasteiger partial charge in [0.05, 0.1) is 11.4 Å². The predicted octanol–water partition coefficient (Wildman–Crippen LogP) is 6.86. The second-order valence-corrected chi connectivity index (χ2v) is 9.51. The second kappa shape index (κ2) is 8.91. The van der Waals surface area contributed by atoms with Crippen molar-refractivity contribution in [3.8, 4) is 0 Å². The molecule has 0 saturated heterocycles. The summed E-state index contributed by atoms with van der Waals surface area (Å²) in [5.41, 5.74) is 3.28. The number of amides is 1. The summed E-state index contributed by atoms with van der Waals surface area (Å²) in [6.45, 7) is 0. The van der Waals surface area contributed by atoms with Crippen LogP contribution in [0.15, 0.2) is 81.5 Å². The number of rotatable bonds is 3. The Morgan fingerprint density at radius 1 is 0.938 bits per heavy atom. The minimum absolute atomic E-state index is 0.0223. The summed E-state index contributed by atoms with van der Waals surface area (Å²) < 4.78 is 14.7. The maximum atomic E-state index is 14.7. The summed E-state index contributed by atoms with van der Waals surface area (Å²) in [6.07, 6.45) is 5.74. The number of hydrogen-bond donors (Lipinski definition) is 0. The molecule has 1 fully saturated rings. The van der Waals surface area contributed by atoms with Gasteiger partial charge in [-0.05, 0) is 49.2 Å². The van der Waals surface area contributed by atoms with E-state index in [0.717, 1.165) is 28.2 Å². The van der Waals surface area contributed by atoms with Crippen LogP contribution in [-0.4, -0.2) is 29.6 Å². The molecule has 2 aliphatic rings. The highest BCUT2D eigenvalue weighted by Gasteiger charge is 2.25. The summed E-state index contributed by atoms with van der Waals surface area (Å²) in [5, 5.41) is 0. The SMILES string of the molecule is CN(C(=O)c1ccc2c(c1)N=C(c1ccccc1F)c1ccccc1S2)C1CCCCC1. The van der Waals surface area contributed by atoms with Crippen LogP contribution in [0.5, 0.6) is 0 Å². The van der Waals surface area contributed by atoms with E-state index in [-0.39, 0.29) is 11.7 Å². The maximum Gasteiger partial charge on any atom is 0.253 e. The van der Waals surface area contributed by atoms with Crippen LogP contribution >= 0.6 is 11.8 Å². The smallest absolute Gasteiger partial charge is 0.253 e. The molecule has 0 spiro atoms. The molecule has 0 bridgehead atoms. The first kappa shape index (κ1) is 21.0. The lowest BCUT2D eigenvalue weighted by Gasteiger charge is -2.31. The van der Waals surface area contributed by atoms with Gasteiger partial charge in [-0.3, -0.25) is 4.79 Å². The predicted molar refractivity (Wildman–Crippen MR) is 128 cm³/mol. The van der Waals surface area contributed by atoms with E-state index in [0.29, 0.717) is 28.6 Å². The molecule has 5 heteroatoms. The summed E-state index contributed by atoms with van der Waals surface area (Å²) in [6, 6.07) is 20.7. The Balaban J connectivity index is 1.58. The Labute approximate surface area is 192 Å². The van der Waals surface area contributed by atoms with Gasteiger partial charge in [-0.2, -0.15) is 0 Å². The van der Waals surface area contributed by atoms with E-state index in [1.807, 2.05) is 60.5 Å². The molecular weight excluding hydrogens is 419 g/mol. The number of carbonyl (C=O) groups is 1. The van der Waals surface area contributed by atoms with E-state index in [1.54, 1.807) is 23.9 Å². The first-order valence-electron chi connectivity index (χ1n) is 11.1. The van der Waals surface area contributed by atoms with E-state index in [1.165, 1.54) is 25.3 Å². The minimum atomic E-state index is -0.307. The average Bonchev–Trinajstić information content (AvgIpc) is 3.00. The third-order valence-corrected chi connectivity index (χ3v) is 7.51. The van der Waals surface area contributed by atoms with Gasteiger partial charge in [0.25, 0.3) is 5.91 Å². The molecule has 1 heterocycles. The molecule has 3 aromatic carbocycles. The summed E-state index contributed by atoms with van der Waals surface area (Å²) in [5.74, 6) is -0.284. The minimum Gasteiger partial charge on any atom is -0.339 e. The molecule has 0 aromatic heterocycles. The zero-order valence-electron chi connectivity index (χ0n) is 18.1. The molecule has 3 aromatic rings. The van der Waals surface area contributed by atoms with Gasteiger partial charge in [0, 0.05) is 39.6 Å². The molecule has 0 atom stereocenters. The normalized spacial score (nSPS) is 15.9. The van der Waals surface area contributed by atoms with Crippen molar-refractivity contribution in [2.75, 3.05) is 7.05 Å². The number of carbonyl (C=O) groups excluding carboxylic acids is 1. The highest BCUT2D eigenvalue weighted by molar-refractivity contribution is 7.99. The third kappa shape index (κ3) is 3.97. The lowest BCUT2D eigenvalue weighted by molar-refractivity contribution is 0.0696. The maximum absolute atomic E-state index is 14.7. The van der Waals surface area contributed by atoms with Gasteiger partial charge in [0.2, 0.25) is 0 Å². The fraction of sp³-hybridized carbons (Fsp3) is 0.259. The molecule has 5 rings (SSSR count). The van der Waals surface area contributed by atoms with Crippen molar-refractivity contribution in [3.05, 3.63) is 89.2 Å². The van der Waals surface area contributed by atoms with E-state index >= 15 is 0 Å². The van der Waals surface area contributed by atoms with Crippen molar-refractivity contribution in [1.82, 2.24) is 4.90 Å². The van der Waals surface area contributed by atoms with Gasteiger partial charge in [0.1, 0.15) is 5.82 Å². The van der Waals surface area contributed by atoms with Crippen LogP contribution in [0.3, 0.4) is 0 Å². The number of halogens is 1. The lowest BCUT2D eigenvalue weighted by atomic mass is 9.94. The first-order valence-corrected chi connectivity index (χ1v) is 12.0. The molecule has 1 aliphatic heterocycles. The second-order valence-electron chi connectivity index (χ2n) is 8.43. The van der Waals surface area contributed by atoms with Crippen molar-refractivity contribution in [3.63, 3.8) is 0 Å². The molecule has 162 valence electrons. The molecule has 1 amide bonds. The van der Waals surface area contributed by atoms with Gasteiger partial charge in [0.15, 0.2) is 0 Å². The monoisotopic (exact) mass is 444 g/mol. The molecular formula is C27H25FN2OS. The summed E-state index contributed by atoms with van der Waals surface area (Å²) in [4.78, 5) is 22.0. The number of aliphatic imine (C=N–C) groups is 1. The molecule has 32 heavy (non-hydrogen) atoms. The van der Waals surface area contributed by atoms with Crippen molar-refractivity contribution < 1.29 is 9.18 Å². The Kier molecular flexibility index (Phi) is 5.83. The van der Waals surface area contributed by atoms with Gasteiger partial charge >= 0.3 is 0 Å². The van der Waals surface area contributed by atoms with Crippen LogP contribution in [-0.2, 0) is 0 Å². The number of hydrogen-bond acceptors (Lipinski definition) is 3. The summed E-state index contributed by atoms with van der Waals surface area (Å²) in [7, 11) is 1.91. The van der Waals surface area contributed by atoms with Crippen molar-refractivity contribution in [2.45, 2.75) is 47.9 Å². The van der Waals surface area contributed by atoms with Gasteiger partial charge in [-0.15, -0.1) is 0 Å². The Morgan fingerprint density at radius 2 is 1.66 bits per heavy atom. The average molecular weight is 445 g/mol. The van der Waals surface area contributed by atoms with Gasteiger partial charge < -0.3 is 4.90 Å². The molecule has 3 nitrogen and oxygen atoms in total. The van der Waals surface area contributed by atoms with E-state index < -0.39 is 0 Å². The highest BCUT2D eigenvalue weighted by Crippen LogP contribution is 2.42. The van der Waals surface area contributed by atoms with Crippen LogP contribution in [0.4, 0.5) is 10.1 Å². The lowest BCUT2D eigenvalue weighted by Crippen LogP contribution is -2.38. The fourth-order valence-corrected chi connectivity index (χ4v) is 5.57. The standard InChI is InChI=1S/C27H25FN2OS/c1-30(19-9-3-2-4-10-19)27(31)18-15-16-25-23(17-18)29-26(20-11-5-7-13-22(20)28)21-12-6-8-14-24(21)32-25/h5-8,11-17,19H,2-4,9-10H2,1H3. The Morgan fingerprint density at radius 3 is 2.44 bits per heavy atom. The first-order chi connectivity index (χ1) is 15.6. The van der Waals surface area contributed by atoms with Crippen molar-refractivity contribution >= 4 is 29.1 Å². The van der Waals surface area contributed by atoms with Crippen molar-refractivity contribution in [1.29, 1.82) is 0 Å². The third-order valence-electron chi connectivity index (χ3n) is 6.37.